The Balaban J connectivity index is 1.77. The molecule has 182 valence electrons. The fraction of sp³-hybridized carbons (Fsp3) is 0.333. The van der Waals surface area contributed by atoms with Gasteiger partial charge in [0.2, 0.25) is 10.0 Å². The summed E-state index contributed by atoms with van der Waals surface area (Å²) in [5.41, 5.74) is 3.57. The number of rotatable bonds is 9. The number of carbonyl (C=O) groups is 1. The van der Waals surface area contributed by atoms with E-state index in [9.17, 15) is 23.3 Å². The number of nitrogens with one attached hydrogen (secondary N) is 1. The van der Waals surface area contributed by atoms with E-state index >= 15 is 0 Å². The zero-order valence-electron chi connectivity index (χ0n) is 18.7. The van der Waals surface area contributed by atoms with Gasteiger partial charge in [0.1, 0.15) is 12.3 Å². The number of sulfonamides is 1. The van der Waals surface area contributed by atoms with Crippen LogP contribution in [-0.4, -0.2) is 71.7 Å². The van der Waals surface area contributed by atoms with Crippen molar-refractivity contribution in [2.75, 3.05) is 55.4 Å². The predicted octanol–water partition coefficient (Wildman–Crippen LogP) is 1.36. The first kappa shape index (κ1) is 24.9. The minimum absolute atomic E-state index is 0.119. The van der Waals surface area contributed by atoms with E-state index in [0.717, 1.165) is 10.6 Å². The molecular weight excluding hydrogens is 466 g/mol. The van der Waals surface area contributed by atoms with Crippen molar-refractivity contribution in [3.05, 3.63) is 58.1 Å². The molecular formula is C21H25N5O7S. The molecule has 0 radical (unpaired) electrons. The van der Waals surface area contributed by atoms with Gasteiger partial charge in [0, 0.05) is 42.5 Å². The van der Waals surface area contributed by atoms with Crippen LogP contribution in [0.25, 0.3) is 0 Å². The molecule has 0 aliphatic carbocycles. The number of nitro benzene ring substituents is 1. The van der Waals surface area contributed by atoms with Crippen molar-refractivity contribution in [3.8, 4) is 5.75 Å². The Hall–Kier alpha value is -3.71. The van der Waals surface area contributed by atoms with E-state index in [1.807, 2.05) is 4.90 Å². The average Bonchev–Trinajstić information content (AvgIpc) is 2.82. The number of morpholine rings is 1. The van der Waals surface area contributed by atoms with Crippen LogP contribution in [0.15, 0.2) is 47.6 Å². The molecule has 2 aromatic carbocycles. The van der Waals surface area contributed by atoms with Crippen molar-refractivity contribution >= 4 is 39.2 Å². The highest BCUT2D eigenvalue weighted by atomic mass is 32.2. The second kappa shape index (κ2) is 10.9. The van der Waals surface area contributed by atoms with Crippen LogP contribution < -0.4 is 19.4 Å². The van der Waals surface area contributed by atoms with Crippen LogP contribution in [0.3, 0.4) is 0 Å². The van der Waals surface area contributed by atoms with Gasteiger partial charge < -0.3 is 14.4 Å². The molecule has 0 aromatic heterocycles. The van der Waals surface area contributed by atoms with E-state index in [-0.39, 0.29) is 11.4 Å². The summed E-state index contributed by atoms with van der Waals surface area (Å²) in [5.74, 6) is -0.256. The smallest absolute Gasteiger partial charge is 0.270 e. The molecule has 1 heterocycles. The molecule has 2 aromatic rings. The van der Waals surface area contributed by atoms with Crippen LogP contribution in [0, 0.1) is 10.1 Å². The standard InChI is InChI=1S/C21H25N5O7S/c1-32-19-5-3-4-17(13-19)25(34(2,30)31)15-21(27)23-22-14-16-12-18(26(28)29)6-7-20(16)24-8-10-33-11-9-24/h3-7,12-14H,8-11,15H2,1-2H3,(H,23,27)/b22-14-. The van der Waals surface area contributed by atoms with Gasteiger partial charge in [-0.3, -0.25) is 19.2 Å². The predicted molar refractivity (Wildman–Crippen MR) is 127 cm³/mol. The number of nitrogens with zero attached hydrogens (tertiary/aromatic N) is 4. The fourth-order valence-corrected chi connectivity index (χ4v) is 4.20. The Morgan fingerprint density at radius 1 is 1.29 bits per heavy atom. The maximum absolute atomic E-state index is 12.5. The lowest BCUT2D eigenvalue weighted by atomic mass is 10.1. The summed E-state index contributed by atoms with van der Waals surface area (Å²) in [7, 11) is -2.33. The maximum Gasteiger partial charge on any atom is 0.270 e. The number of anilines is 2. The third-order valence-corrected chi connectivity index (χ3v) is 6.14. The molecule has 12 nitrogen and oxygen atoms in total. The molecule has 13 heteroatoms. The number of carbonyl (C=O) groups excluding carboxylic acids is 1. The summed E-state index contributed by atoms with van der Waals surface area (Å²) in [6.07, 6.45) is 2.28. The van der Waals surface area contributed by atoms with Gasteiger partial charge in [-0.25, -0.2) is 13.8 Å². The van der Waals surface area contributed by atoms with E-state index in [1.165, 1.54) is 37.6 Å². The van der Waals surface area contributed by atoms with Gasteiger partial charge in [-0.2, -0.15) is 5.10 Å². The molecule has 1 aliphatic heterocycles. The lowest BCUT2D eigenvalue weighted by Gasteiger charge is -2.29. The van der Waals surface area contributed by atoms with Gasteiger partial charge in [-0.1, -0.05) is 6.07 Å². The lowest BCUT2D eigenvalue weighted by Crippen LogP contribution is -2.39. The minimum atomic E-state index is -3.78. The minimum Gasteiger partial charge on any atom is -0.497 e. The number of methoxy groups -OCH3 is 1. The molecule has 0 bridgehead atoms. The van der Waals surface area contributed by atoms with Gasteiger partial charge in [0.15, 0.2) is 0 Å². The summed E-state index contributed by atoms with van der Waals surface area (Å²) in [5, 5.41) is 15.1. The molecule has 1 aliphatic rings. The Bertz CT molecular complexity index is 1180. The second-order valence-corrected chi connectivity index (χ2v) is 9.27. The zero-order chi connectivity index (χ0) is 24.7. The monoisotopic (exact) mass is 491 g/mol. The molecule has 1 N–H and O–H groups in total. The first-order chi connectivity index (χ1) is 16.2. The van der Waals surface area contributed by atoms with Crippen LogP contribution >= 0.6 is 0 Å². The molecule has 0 saturated carbocycles. The van der Waals surface area contributed by atoms with Crippen LogP contribution in [0.2, 0.25) is 0 Å². The number of benzene rings is 2. The van der Waals surface area contributed by atoms with E-state index in [4.69, 9.17) is 9.47 Å². The van der Waals surface area contributed by atoms with E-state index < -0.39 is 27.4 Å². The average molecular weight is 492 g/mol. The van der Waals surface area contributed by atoms with Gasteiger partial charge >= 0.3 is 0 Å². The third-order valence-electron chi connectivity index (χ3n) is 5.00. The normalized spacial score (nSPS) is 14.1. The van der Waals surface area contributed by atoms with Crippen molar-refractivity contribution < 1.29 is 27.6 Å². The van der Waals surface area contributed by atoms with Gasteiger partial charge in [0.25, 0.3) is 11.6 Å². The quantitative estimate of drug-likeness (QED) is 0.315. The summed E-state index contributed by atoms with van der Waals surface area (Å²) >= 11 is 0. The van der Waals surface area contributed by atoms with Crippen LogP contribution in [0.1, 0.15) is 5.56 Å². The molecule has 0 unspecified atom stereocenters. The summed E-state index contributed by atoms with van der Waals surface area (Å²) in [6.45, 7) is 1.74. The van der Waals surface area contributed by atoms with E-state index in [0.29, 0.717) is 43.3 Å². The Morgan fingerprint density at radius 2 is 2.03 bits per heavy atom. The number of nitro groups is 1. The van der Waals surface area contributed by atoms with Crippen molar-refractivity contribution in [2.45, 2.75) is 0 Å². The number of hydrogen-bond acceptors (Lipinski definition) is 9. The van der Waals surface area contributed by atoms with E-state index in [2.05, 4.69) is 10.5 Å². The SMILES string of the molecule is COc1cccc(N(CC(=O)N/N=C\c2cc([N+](=O)[O-])ccc2N2CCOCC2)S(C)(=O)=O)c1. The van der Waals surface area contributed by atoms with Gasteiger partial charge in [-0.05, 0) is 18.2 Å². The highest BCUT2D eigenvalue weighted by Gasteiger charge is 2.21. The molecule has 34 heavy (non-hydrogen) atoms. The first-order valence-electron chi connectivity index (χ1n) is 10.2. The molecule has 1 fully saturated rings. The highest BCUT2D eigenvalue weighted by molar-refractivity contribution is 7.92. The number of hydrogen-bond donors (Lipinski definition) is 1. The van der Waals surface area contributed by atoms with Gasteiger partial charge in [-0.15, -0.1) is 0 Å². The molecule has 0 atom stereocenters. The molecule has 1 amide bonds. The van der Waals surface area contributed by atoms with Gasteiger partial charge in [0.05, 0.1) is 43.4 Å². The fourth-order valence-electron chi connectivity index (χ4n) is 3.36. The number of non-ortho nitro benzene ring substituents is 1. The van der Waals surface area contributed by atoms with Crippen molar-refractivity contribution in [3.63, 3.8) is 0 Å². The van der Waals surface area contributed by atoms with Crippen LogP contribution in [0.4, 0.5) is 17.1 Å². The Labute approximate surface area is 197 Å². The molecule has 0 spiro atoms. The third kappa shape index (κ3) is 6.42. The Kier molecular flexibility index (Phi) is 8.02. The highest BCUT2D eigenvalue weighted by Crippen LogP contribution is 2.25. The molecule has 3 rings (SSSR count). The van der Waals surface area contributed by atoms with Crippen molar-refractivity contribution in [2.24, 2.45) is 5.10 Å². The molecule has 1 saturated heterocycles. The number of amides is 1. The van der Waals surface area contributed by atoms with Crippen molar-refractivity contribution in [1.29, 1.82) is 0 Å². The lowest BCUT2D eigenvalue weighted by molar-refractivity contribution is -0.384. The van der Waals surface area contributed by atoms with Crippen LogP contribution in [0.5, 0.6) is 5.75 Å². The van der Waals surface area contributed by atoms with Crippen molar-refractivity contribution in [1.82, 2.24) is 5.43 Å². The second-order valence-electron chi connectivity index (χ2n) is 7.36. The van der Waals surface area contributed by atoms with Crippen LogP contribution in [-0.2, 0) is 19.6 Å². The summed E-state index contributed by atoms with van der Waals surface area (Å²) in [4.78, 5) is 25.2. The maximum atomic E-state index is 12.5. The van der Waals surface area contributed by atoms with E-state index in [1.54, 1.807) is 18.2 Å². The zero-order valence-corrected chi connectivity index (χ0v) is 19.5. The topological polar surface area (TPSA) is 144 Å². The number of ether oxygens (including phenoxy) is 2. The largest absolute Gasteiger partial charge is 0.497 e. The summed E-state index contributed by atoms with van der Waals surface area (Å²) in [6, 6.07) is 10.7. The Morgan fingerprint density at radius 3 is 2.68 bits per heavy atom. The summed E-state index contributed by atoms with van der Waals surface area (Å²) < 4.78 is 35.9. The number of hydrazone groups is 1. The first-order valence-corrected chi connectivity index (χ1v) is 12.1.